The van der Waals surface area contributed by atoms with E-state index in [0.29, 0.717) is 27.7 Å². The van der Waals surface area contributed by atoms with Gasteiger partial charge in [0.1, 0.15) is 5.75 Å². The molecule has 0 saturated heterocycles. The van der Waals surface area contributed by atoms with Crippen molar-refractivity contribution in [3.8, 4) is 5.75 Å². The zero-order chi connectivity index (χ0) is 19.9. The number of rotatable bonds is 6. The van der Waals surface area contributed by atoms with Crippen molar-refractivity contribution < 1.29 is 14.3 Å². The van der Waals surface area contributed by atoms with Crippen LogP contribution in [0.1, 0.15) is 10.4 Å². The highest BCUT2D eigenvalue weighted by Gasteiger charge is 2.08. The van der Waals surface area contributed by atoms with E-state index in [1.807, 2.05) is 6.07 Å². The van der Waals surface area contributed by atoms with Gasteiger partial charge in [0.05, 0.1) is 5.02 Å². The van der Waals surface area contributed by atoms with Crippen molar-refractivity contribution in [3.63, 3.8) is 0 Å². The molecule has 142 valence electrons. The van der Waals surface area contributed by atoms with Crippen molar-refractivity contribution in [2.45, 2.75) is 0 Å². The molecule has 3 aromatic rings. The minimum Gasteiger partial charge on any atom is -0.482 e. The van der Waals surface area contributed by atoms with Gasteiger partial charge >= 0.3 is 0 Å². The molecule has 0 aromatic heterocycles. The minimum absolute atomic E-state index is 0.173. The van der Waals surface area contributed by atoms with Gasteiger partial charge in [0.25, 0.3) is 11.8 Å². The molecular formula is C21H16BrClN2O3. The third-order valence-corrected chi connectivity index (χ3v) is 4.50. The Balaban J connectivity index is 1.52. The number of carbonyl (C=O) groups is 2. The van der Waals surface area contributed by atoms with E-state index in [-0.39, 0.29) is 18.4 Å². The van der Waals surface area contributed by atoms with Crippen LogP contribution in [0.2, 0.25) is 5.02 Å². The zero-order valence-corrected chi connectivity index (χ0v) is 17.0. The van der Waals surface area contributed by atoms with Gasteiger partial charge in [0.15, 0.2) is 6.61 Å². The molecule has 0 aliphatic heterocycles. The summed E-state index contributed by atoms with van der Waals surface area (Å²) in [4.78, 5) is 24.2. The first-order valence-corrected chi connectivity index (χ1v) is 9.52. The molecule has 0 unspecified atom stereocenters. The number of benzene rings is 3. The summed E-state index contributed by atoms with van der Waals surface area (Å²) < 4.78 is 6.26. The summed E-state index contributed by atoms with van der Waals surface area (Å²) in [5.41, 5.74) is 1.79. The highest BCUT2D eigenvalue weighted by molar-refractivity contribution is 9.10. The summed E-state index contributed by atoms with van der Waals surface area (Å²) in [6.07, 6.45) is 0. The Morgan fingerprint density at radius 3 is 2.18 bits per heavy atom. The second-order valence-electron chi connectivity index (χ2n) is 5.81. The molecule has 3 aromatic carbocycles. The van der Waals surface area contributed by atoms with Crippen LogP contribution in [0, 0.1) is 0 Å². The van der Waals surface area contributed by atoms with E-state index >= 15 is 0 Å². The van der Waals surface area contributed by atoms with Crippen LogP contribution in [0.25, 0.3) is 0 Å². The van der Waals surface area contributed by atoms with Gasteiger partial charge in [-0.3, -0.25) is 9.59 Å². The Morgan fingerprint density at radius 2 is 1.54 bits per heavy atom. The van der Waals surface area contributed by atoms with Crippen LogP contribution in [-0.4, -0.2) is 18.4 Å². The molecule has 5 nitrogen and oxygen atoms in total. The smallest absolute Gasteiger partial charge is 0.262 e. The first kappa shape index (κ1) is 19.9. The van der Waals surface area contributed by atoms with Crippen molar-refractivity contribution in [2.75, 3.05) is 17.2 Å². The lowest BCUT2D eigenvalue weighted by Gasteiger charge is -2.10. The Kier molecular flexibility index (Phi) is 6.68. The average Bonchev–Trinajstić information content (AvgIpc) is 2.69. The van der Waals surface area contributed by atoms with E-state index in [2.05, 4.69) is 26.6 Å². The van der Waals surface area contributed by atoms with Gasteiger partial charge in [-0.25, -0.2) is 0 Å². The van der Waals surface area contributed by atoms with E-state index in [4.69, 9.17) is 16.3 Å². The maximum Gasteiger partial charge on any atom is 0.262 e. The first-order chi connectivity index (χ1) is 13.5. The molecule has 0 atom stereocenters. The second kappa shape index (κ2) is 9.39. The molecule has 0 saturated carbocycles. The number of halogens is 2. The van der Waals surface area contributed by atoms with Crippen LogP contribution in [0.15, 0.2) is 77.3 Å². The third kappa shape index (κ3) is 5.58. The van der Waals surface area contributed by atoms with Gasteiger partial charge < -0.3 is 15.4 Å². The fourth-order valence-electron chi connectivity index (χ4n) is 2.36. The van der Waals surface area contributed by atoms with Crippen molar-refractivity contribution >= 4 is 50.7 Å². The summed E-state index contributed by atoms with van der Waals surface area (Å²) in [5, 5.41) is 5.94. The second-order valence-corrected chi connectivity index (χ2v) is 7.13. The highest BCUT2D eigenvalue weighted by atomic mass is 79.9. The van der Waals surface area contributed by atoms with E-state index in [0.717, 1.165) is 4.47 Å². The zero-order valence-electron chi connectivity index (χ0n) is 14.6. The quantitative estimate of drug-likeness (QED) is 0.520. The number of hydrogen-bond donors (Lipinski definition) is 2. The van der Waals surface area contributed by atoms with E-state index in [1.165, 1.54) is 0 Å². The predicted molar refractivity (Wildman–Crippen MR) is 114 cm³/mol. The Bertz CT molecular complexity index is 979. The third-order valence-electron chi connectivity index (χ3n) is 3.72. The van der Waals surface area contributed by atoms with E-state index < -0.39 is 0 Å². The Morgan fingerprint density at radius 1 is 0.893 bits per heavy atom. The van der Waals surface area contributed by atoms with Crippen molar-refractivity contribution in [1.82, 2.24) is 0 Å². The normalized spacial score (nSPS) is 10.2. The fourth-order valence-corrected chi connectivity index (χ4v) is 3.09. The lowest BCUT2D eigenvalue weighted by molar-refractivity contribution is -0.118. The Labute approximate surface area is 175 Å². The summed E-state index contributed by atoms with van der Waals surface area (Å²) >= 11 is 9.36. The van der Waals surface area contributed by atoms with Crippen LogP contribution in [0.5, 0.6) is 5.75 Å². The first-order valence-electron chi connectivity index (χ1n) is 8.35. The van der Waals surface area contributed by atoms with Gasteiger partial charge in [0, 0.05) is 21.4 Å². The van der Waals surface area contributed by atoms with Gasteiger partial charge in [-0.2, -0.15) is 0 Å². The predicted octanol–water partition coefficient (Wildman–Crippen LogP) is 5.37. The molecule has 28 heavy (non-hydrogen) atoms. The minimum atomic E-state index is -0.319. The molecule has 0 fully saturated rings. The van der Waals surface area contributed by atoms with Crippen LogP contribution in [-0.2, 0) is 4.79 Å². The largest absolute Gasteiger partial charge is 0.482 e. The number of hydrogen-bond acceptors (Lipinski definition) is 3. The average molecular weight is 460 g/mol. The van der Waals surface area contributed by atoms with E-state index in [9.17, 15) is 9.59 Å². The van der Waals surface area contributed by atoms with E-state index in [1.54, 1.807) is 66.7 Å². The lowest BCUT2D eigenvalue weighted by Crippen LogP contribution is -2.20. The van der Waals surface area contributed by atoms with Crippen LogP contribution in [0.4, 0.5) is 11.4 Å². The van der Waals surface area contributed by atoms with Gasteiger partial charge in [-0.15, -0.1) is 0 Å². The van der Waals surface area contributed by atoms with Gasteiger partial charge in [-0.05, 0) is 54.6 Å². The molecule has 7 heteroatoms. The molecule has 0 heterocycles. The SMILES string of the molecule is O=C(COc1ccc(Br)cc1Cl)Nc1ccc(NC(=O)c2ccccc2)cc1. The van der Waals surface area contributed by atoms with Crippen molar-refractivity contribution in [1.29, 1.82) is 0 Å². The van der Waals surface area contributed by atoms with Gasteiger partial charge in [0.2, 0.25) is 0 Å². The molecule has 3 rings (SSSR count). The molecule has 0 radical (unpaired) electrons. The number of anilines is 2. The van der Waals surface area contributed by atoms with Crippen molar-refractivity contribution in [3.05, 3.63) is 87.9 Å². The van der Waals surface area contributed by atoms with Crippen LogP contribution in [0.3, 0.4) is 0 Å². The summed E-state index contributed by atoms with van der Waals surface area (Å²) in [6, 6.07) is 20.9. The molecule has 0 aliphatic carbocycles. The number of nitrogens with one attached hydrogen (secondary N) is 2. The lowest BCUT2D eigenvalue weighted by atomic mass is 10.2. The Hall–Kier alpha value is -2.83. The standard InChI is InChI=1S/C21H16BrClN2O3/c22-15-6-11-19(18(23)12-15)28-13-20(26)24-16-7-9-17(10-8-16)25-21(27)14-4-2-1-3-5-14/h1-12H,13H2,(H,24,26)(H,25,27). The number of carbonyl (C=O) groups excluding carboxylic acids is 2. The highest BCUT2D eigenvalue weighted by Crippen LogP contribution is 2.27. The molecule has 0 spiro atoms. The summed E-state index contributed by atoms with van der Waals surface area (Å²) in [6.45, 7) is -0.173. The molecule has 0 aliphatic rings. The molecule has 2 amide bonds. The van der Waals surface area contributed by atoms with Crippen LogP contribution >= 0.6 is 27.5 Å². The molecule has 0 bridgehead atoms. The summed E-state index contributed by atoms with van der Waals surface area (Å²) in [5.74, 6) is -0.0868. The van der Waals surface area contributed by atoms with Crippen molar-refractivity contribution in [2.24, 2.45) is 0 Å². The summed E-state index contributed by atoms with van der Waals surface area (Å²) in [7, 11) is 0. The maximum atomic E-state index is 12.1. The fraction of sp³-hybridized carbons (Fsp3) is 0.0476. The number of ether oxygens (including phenoxy) is 1. The topological polar surface area (TPSA) is 67.4 Å². The van der Waals surface area contributed by atoms with Gasteiger partial charge in [-0.1, -0.05) is 45.7 Å². The number of amides is 2. The molecule has 2 N–H and O–H groups in total. The van der Waals surface area contributed by atoms with Crippen LogP contribution < -0.4 is 15.4 Å². The molecular weight excluding hydrogens is 444 g/mol. The monoisotopic (exact) mass is 458 g/mol. The maximum absolute atomic E-state index is 12.1.